The number of para-hydroxylation sites is 1. The van der Waals surface area contributed by atoms with Gasteiger partial charge in [0.1, 0.15) is 5.75 Å². The maximum Gasteiger partial charge on any atom is 0.115 e. The number of aromatic hydroxyl groups is 1. The fraction of sp³-hybridized carbons (Fsp3) is 0.0312. The number of benzene rings is 5. The second kappa shape index (κ2) is 7.29. The first-order valence-corrected chi connectivity index (χ1v) is 11.6. The van der Waals surface area contributed by atoms with Gasteiger partial charge in [0, 0.05) is 16.3 Å². The van der Waals surface area contributed by atoms with E-state index in [1.807, 2.05) is 12.1 Å². The second-order valence-electron chi connectivity index (χ2n) is 8.99. The lowest BCUT2D eigenvalue weighted by molar-refractivity contribution is 0.475. The van der Waals surface area contributed by atoms with Crippen molar-refractivity contribution in [2.75, 3.05) is 0 Å². The first-order chi connectivity index (χ1) is 16.7. The molecule has 0 saturated heterocycles. The molecule has 0 bridgehead atoms. The third-order valence-electron chi connectivity index (χ3n) is 6.96. The van der Waals surface area contributed by atoms with E-state index in [1.54, 1.807) is 12.1 Å². The highest BCUT2D eigenvalue weighted by molar-refractivity contribution is 6.10. The largest absolute Gasteiger partial charge is 0.508 e. The summed E-state index contributed by atoms with van der Waals surface area (Å²) in [4.78, 5) is 5.09. The Morgan fingerprint density at radius 1 is 0.529 bits per heavy atom. The SMILES string of the molecule is Oc1ccc(-c2ccc3c(c2)Cc2cc(-c4nc5ccccc5c5ccccc45)ccc2-3)cc1. The van der Waals surface area contributed by atoms with Gasteiger partial charge in [-0.2, -0.15) is 0 Å². The van der Waals surface area contributed by atoms with Crippen LogP contribution in [0.2, 0.25) is 0 Å². The summed E-state index contributed by atoms with van der Waals surface area (Å²) in [5.74, 6) is 0.291. The molecule has 6 aromatic rings. The van der Waals surface area contributed by atoms with Crippen LogP contribution in [0, 0.1) is 0 Å². The molecular weight excluding hydrogens is 414 g/mol. The number of rotatable bonds is 2. The van der Waals surface area contributed by atoms with Crippen LogP contribution in [0.3, 0.4) is 0 Å². The number of pyridine rings is 1. The monoisotopic (exact) mass is 435 g/mol. The minimum atomic E-state index is 0.291. The maximum atomic E-state index is 9.62. The molecule has 1 N–H and O–H groups in total. The predicted octanol–water partition coefficient (Wildman–Crippen LogP) is 8.00. The number of hydrogen-bond donors (Lipinski definition) is 1. The molecule has 1 heterocycles. The lowest BCUT2D eigenvalue weighted by Gasteiger charge is -2.11. The summed E-state index contributed by atoms with van der Waals surface area (Å²) >= 11 is 0. The summed E-state index contributed by atoms with van der Waals surface area (Å²) in [6.45, 7) is 0. The van der Waals surface area contributed by atoms with E-state index in [1.165, 1.54) is 44.0 Å². The molecule has 34 heavy (non-hydrogen) atoms. The maximum absolute atomic E-state index is 9.62. The fourth-order valence-electron chi connectivity index (χ4n) is 5.32. The van der Waals surface area contributed by atoms with E-state index in [2.05, 4.69) is 84.9 Å². The highest BCUT2D eigenvalue weighted by Crippen LogP contribution is 2.41. The highest BCUT2D eigenvalue weighted by Gasteiger charge is 2.20. The Labute approximate surface area is 197 Å². The molecule has 0 radical (unpaired) electrons. The number of hydrogen-bond acceptors (Lipinski definition) is 2. The van der Waals surface area contributed by atoms with Crippen molar-refractivity contribution in [3.05, 3.63) is 120 Å². The van der Waals surface area contributed by atoms with Gasteiger partial charge in [0.25, 0.3) is 0 Å². The Balaban J connectivity index is 1.34. The Kier molecular flexibility index (Phi) is 4.09. The van der Waals surface area contributed by atoms with Crippen LogP contribution >= 0.6 is 0 Å². The number of nitrogens with zero attached hydrogens (tertiary/aromatic N) is 1. The quantitative estimate of drug-likeness (QED) is 0.279. The lowest BCUT2D eigenvalue weighted by Crippen LogP contribution is -1.91. The molecule has 0 spiro atoms. The van der Waals surface area contributed by atoms with Gasteiger partial charge in [0.05, 0.1) is 11.2 Å². The number of aromatic nitrogens is 1. The zero-order valence-electron chi connectivity index (χ0n) is 18.5. The number of fused-ring (bicyclic) bond motifs is 6. The molecule has 0 fully saturated rings. The summed E-state index contributed by atoms with van der Waals surface area (Å²) in [5, 5.41) is 13.2. The number of phenols is 1. The van der Waals surface area contributed by atoms with Crippen molar-refractivity contribution in [3.63, 3.8) is 0 Å². The molecule has 2 nitrogen and oxygen atoms in total. The summed E-state index contributed by atoms with van der Waals surface area (Å²) in [6, 6.07) is 37.8. The molecule has 2 heteroatoms. The van der Waals surface area contributed by atoms with E-state index in [0.717, 1.165) is 28.8 Å². The van der Waals surface area contributed by atoms with Gasteiger partial charge in [-0.1, -0.05) is 84.9 Å². The van der Waals surface area contributed by atoms with Gasteiger partial charge >= 0.3 is 0 Å². The number of phenolic OH excluding ortho intramolecular Hbond substituents is 1. The van der Waals surface area contributed by atoms with Gasteiger partial charge in [-0.25, -0.2) is 4.98 Å². The summed E-state index contributed by atoms with van der Waals surface area (Å²) in [6.07, 6.45) is 0.913. The second-order valence-corrected chi connectivity index (χ2v) is 8.99. The van der Waals surface area contributed by atoms with Crippen molar-refractivity contribution in [3.8, 4) is 39.3 Å². The van der Waals surface area contributed by atoms with Gasteiger partial charge < -0.3 is 5.11 Å². The smallest absolute Gasteiger partial charge is 0.115 e. The first-order valence-electron chi connectivity index (χ1n) is 11.6. The molecule has 0 unspecified atom stereocenters. The van der Waals surface area contributed by atoms with Crippen LogP contribution in [0.15, 0.2) is 109 Å². The van der Waals surface area contributed by atoms with E-state index in [9.17, 15) is 5.11 Å². The van der Waals surface area contributed by atoms with Gasteiger partial charge in [-0.05, 0) is 69.5 Å². The normalized spacial score (nSPS) is 12.1. The molecule has 1 aliphatic carbocycles. The van der Waals surface area contributed by atoms with E-state index in [-0.39, 0.29) is 0 Å². The molecule has 0 amide bonds. The molecule has 7 rings (SSSR count). The Hall–Kier alpha value is -4.43. The van der Waals surface area contributed by atoms with Gasteiger partial charge in [0.15, 0.2) is 0 Å². The molecule has 1 aromatic heterocycles. The summed E-state index contributed by atoms with van der Waals surface area (Å²) < 4.78 is 0. The third kappa shape index (κ3) is 2.93. The van der Waals surface area contributed by atoms with Gasteiger partial charge in [0.2, 0.25) is 0 Å². The van der Waals surface area contributed by atoms with E-state index < -0.39 is 0 Å². The van der Waals surface area contributed by atoms with Crippen molar-refractivity contribution in [2.45, 2.75) is 6.42 Å². The van der Waals surface area contributed by atoms with Crippen molar-refractivity contribution in [1.29, 1.82) is 0 Å². The highest BCUT2D eigenvalue weighted by atomic mass is 16.3. The van der Waals surface area contributed by atoms with E-state index >= 15 is 0 Å². The van der Waals surface area contributed by atoms with Gasteiger partial charge in [-0.3, -0.25) is 0 Å². The van der Waals surface area contributed by atoms with Gasteiger partial charge in [-0.15, -0.1) is 0 Å². The van der Waals surface area contributed by atoms with Crippen molar-refractivity contribution >= 4 is 21.7 Å². The molecule has 160 valence electrons. The molecule has 1 aliphatic rings. The van der Waals surface area contributed by atoms with Crippen molar-refractivity contribution < 1.29 is 5.11 Å². The topological polar surface area (TPSA) is 33.1 Å². The molecule has 5 aromatic carbocycles. The zero-order valence-corrected chi connectivity index (χ0v) is 18.5. The molecule has 0 saturated carbocycles. The lowest BCUT2D eigenvalue weighted by atomic mass is 9.97. The van der Waals surface area contributed by atoms with Crippen molar-refractivity contribution in [1.82, 2.24) is 4.98 Å². The van der Waals surface area contributed by atoms with E-state index in [4.69, 9.17) is 4.98 Å². The van der Waals surface area contributed by atoms with Crippen LogP contribution in [-0.2, 0) is 6.42 Å². The fourth-order valence-corrected chi connectivity index (χ4v) is 5.32. The van der Waals surface area contributed by atoms with Crippen LogP contribution < -0.4 is 0 Å². The molecule has 0 aliphatic heterocycles. The summed E-state index contributed by atoms with van der Waals surface area (Å²) in [5.41, 5.74) is 10.8. The van der Waals surface area contributed by atoms with E-state index in [0.29, 0.717) is 5.75 Å². The Morgan fingerprint density at radius 2 is 1.12 bits per heavy atom. The predicted molar refractivity (Wildman–Crippen MR) is 140 cm³/mol. The third-order valence-corrected chi connectivity index (χ3v) is 6.96. The Bertz CT molecular complexity index is 1730. The first kappa shape index (κ1) is 19.1. The average Bonchev–Trinajstić information content (AvgIpc) is 3.25. The van der Waals surface area contributed by atoms with Crippen LogP contribution in [0.5, 0.6) is 5.75 Å². The summed E-state index contributed by atoms with van der Waals surface area (Å²) in [7, 11) is 0. The van der Waals surface area contributed by atoms with Crippen LogP contribution in [0.4, 0.5) is 0 Å². The standard InChI is InChI=1S/C32H21NO/c34-25-13-9-20(10-14-25)21-11-15-26-23(17-21)19-24-18-22(12-16-27(24)26)32-30-7-2-1-5-28(30)29-6-3-4-8-31(29)33-32/h1-18,34H,19H2. The molecular formula is C32H21NO. The van der Waals surface area contributed by atoms with Crippen LogP contribution in [-0.4, -0.2) is 10.1 Å². The zero-order chi connectivity index (χ0) is 22.6. The van der Waals surface area contributed by atoms with Crippen LogP contribution in [0.1, 0.15) is 11.1 Å². The minimum Gasteiger partial charge on any atom is -0.508 e. The molecule has 0 atom stereocenters. The van der Waals surface area contributed by atoms with Crippen LogP contribution in [0.25, 0.3) is 55.2 Å². The van der Waals surface area contributed by atoms with Crippen molar-refractivity contribution in [2.24, 2.45) is 0 Å². The Morgan fingerprint density at radius 3 is 1.88 bits per heavy atom. The average molecular weight is 436 g/mol. The minimum absolute atomic E-state index is 0.291.